The normalized spacial score (nSPS) is 11.7. The van der Waals surface area contributed by atoms with Gasteiger partial charge in [0.2, 0.25) is 15.9 Å². The van der Waals surface area contributed by atoms with Crippen molar-refractivity contribution in [3.05, 3.63) is 35.6 Å². The van der Waals surface area contributed by atoms with Gasteiger partial charge in [-0.25, -0.2) is 12.8 Å². The number of benzene rings is 1. The summed E-state index contributed by atoms with van der Waals surface area (Å²) in [6, 6.07) is 5.35. The van der Waals surface area contributed by atoms with E-state index < -0.39 is 28.3 Å². The molecule has 2 N–H and O–H groups in total. The molecule has 0 bridgehead atoms. The quantitative estimate of drug-likeness (QED) is 0.813. The summed E-state index contributed by atoms with van der Waals surface area (Å²) >= 11 is 0. The second kappa shape index (κ2) is 5.24. The van der Waals surface area contributed by atoms with Gasteiger partial charge in [0.05, 0.1) is 12.8 Å². The number of sulfonamides is 1. The first-order valence-electron chi connectivity index (χ1n) is 4.77. The summed E-state index contributed by atoms with van der Waals surface area (Å²) in [6.07, 6.45) is 0.986. The molecule has 0 saturated heterocycles. The monoisotopic (exact) mass is 260 g/mol. The molecule has 0 saturated carbocycles. The van der Waals surface area contributed by atoms with E-state index in [1.807, 2.05) is 0 Å². The van der Waals surface area contributed by atoms with Crippen molar-refractivity contribution in [1.29, 1.82) is 0 Å². The third kappa shape index (κ3) is 4.49. The average molecular weight is 260 g/mol. The summed E-state index contributed by atoms with van der Waals surface area (Å²) in [5, 5.41) is 0. The summed E-state index contributed by atoms with van der Waals surface area (Å²) in [5.41, 5.74) is 5.54. The minimum atomic E-state index is -3.53. The van der Waals surface area contributed by atoms with Gasteiger partial charge >= 0.3 is 0 Å². The zero-order valence-electron chi connectivity index (χ0n) is 9.26. The summed E-state index contributed by atoms with van der Waals surface area (Å²) < 4.78 is 36.4. The smallest absolute Gasteiger partial charge is 0.232 e. The molecule has 0 unspecified atom stereocenters. The van der Waals surface area contributed by atoms with Crippen LogP contribution in [0, 0.1) is 5.82 Å². The number of primary amides is 1. The SMILES string of the molecule is CS(=O)(=O)N(CC(N)=O)Cc1ccc(F)cc1. The zero-order chi connectivity index (χ0) is 13.1. The van der Waals surface area contributed by atoms with Crippen LogP contribution in [-0.4, -0.2) is 31.4 Å². The van der Waals surface area contributed by atoms with E-state index in [-0.39, 0.29) is 6.54 Å². The van der Waals surface area contributed by atoms with Crippen LogP contribution in [0.5, 0.6) is 0 Å². The van der Waals surface area contributed by atoms with E-state index in [1.165, 1.54) is 24.3 Å². The topological polar surface area (TPSA) is 80.5 Å². The lowest BCUT2D eigenvalue weighted by molar-refractivity contribution is -0.118. The zero-order valence-corrected chi connectivity index (χ0v) is 10.1. The molecule has 0 aliphatic carbocycles. The van der Waals surface area contributed by atoms with Crippen molar-refractivity contribution in [1.82, 2.24) is 4.31 Å². The molecule has 0 aromatic heterocycles. The third-order valence-corrected chi connectivity index (χ3v) is 3.27. The molecule has 0 radical (unpaired) electrons. The molecular weight excluding hydrogens is 247 g/mol. The molecule has 17 heavy (non-hydrogen) atoms. The number of hydrogen-bond acceptors (Lipinski definition) is 3. The number of carbonyl (C=O) groups excluding carboxylic acids is 1. The molecule has 94 valence electrons. The van der Waals surface area contributed by atoms with E-state index in [0.717, 1.165) is 10.6 Å². The van der Waals surface area contributed by atoms with Crippen molar-refractivity contribution >= 4 is 15.9 Å². The highest BCUT2D eigenvalue weighted by Crippen LogP contribution is 2.09. The Labute approximate surface area is 99.1 Å². The van der Waals surface area contributed by atoms with Crippen LogP contribution in [0.15, 0.2) is 24.3 Å². The van der Waals surface area contributed by atoms with Gasteiger partial charge in [0, 0.05) is 6.54 Å². The van der Waals surface area contributed by atoms with Gasteiger partial charge in [-0.3, -0.25) is 4.79 Å². The van der Waals surface area contributed by atoms with Crippen molar-refractivity contribution in [2.45, 2.75) is 6.54 Å². The standard InChI is InChI=1S/C10H13FN2O3S/c1-17(15,16)13(7-10(12)14)6-8-2-4-9(11)5-3-8/h2-5H,6-7H2,1H3,(H2,12,14). The lowest BCUT2D eigenvalue weighted by atomic mass is 10.2. The van der Waals surface area contributed by atoms with Gasteiger partial charge in [-0.15, -0.1) is 0 Å². The number of nitrogens with two attached hydrogens (primary N) is 1. The Kier molecular flexibility index (Phi) is 4.19. The van der Waals surface area contributed by atoms with Crippen molar-refractivity contribution < 1.29 is 17.6 Å². The summed E-state index contributed by atoms with van der Waals surface area (Å²) in [7, 11) is -3.53. The highest BCUT2D eigenvalue weighted by Gasteiger charge is 2.18. The maximum Gasteiger partial charge on any atom is 0.232 e. The minimum Gasteiger partial charge on any atom is -0.369 e. The van der Waals surface area contributed by atoms with Crippen molar-refractivity contribution in [2.24, 2.45) is 5.73 Å². The molecule has 1 amide bonds. The van der Waals surface area contributed by atoms with E-state index in [0.29, 0.717) is 5.56 Å². The fraction of sp³-hybridized carbons (Fsp3) is 0.300. The number of nitrogens with zero attached hydrogens (tertiary/aromatic N) is 1. The highest BCUT2D eigenvalue weighted by atomic mass is 32.2. The molecule has 0 fully saturated rings. The van der Waals surface area contributed by atoms with Gasteiger partial charge in [-0.2, -0.15) is 4.31 Å². The van der Waals surface area contributed by atoms with Crippen LogP contribution in [-0.2, 0) is 21.4 Å². The highest BCUT2D eigenvalue weighted by molar-refractivity contribution is 7.88. The van der Waals surface area contributed by atoms with Gasteiger partial charge in [0.25, 0.3) is 0 Å². The fourth-order valence-corrected chi connectivity index (χ4v) is 2.00. The number of carbonyl (C=O) groups is 1. The van der Waals surface area contributed by atoms with Crippen LogP contribution in [0.25, 0.3) is 0 Å². The van der Waals surface area contributed by atoms with Gasteiger partial charge < -0.3 is 5.73 Å². The molecule has 1 aromatic rings. The van der Waals surface area contributed by atoms with E-state index in [1.54, 1.807) is 0 Å². The Morgan fingerprint density at radius 1 is 1.35 bits per heavy atom. The number of amides is 1. The van der Waals surface area contributed by atoms with Crippen LogP contribution in [0.1, 0.15) is 5.56 Å². The molecule has 1 rings (SSSR count). The largest absolute Gasteiger partial charge is 0.369 e. The summed E-state index contributed by atoms with van der Waals surface area (Å²) in [6.45, 7) is -0.405. The molecule has 5 nitrogen and oxygen atoms in total. The third-order valence-electron chi connectivity index (χ3n) is 2.07. The Hall–Kier alpha value is -1.47. The van der Waals surface area contributed by atoms with E-state index in [4.69, 9.17) is 5.73 Å². The first kappa shape index (κ1) is 13.6. The van der Waals surface area contributed by atoms with E-state index in [9.17, 15) is 17.6 Å². The van der Waals surface area contributed by atoms with Gasteiger partial charge in [0.1, 0.15) is 5.82 Å². The second-order valence-corrected chi connectivity index (χ2v) is 5.61. The lowest BCUT2D eigenvalue weighted by Crippen LogP contribution is -2.37. The minimum absolute atomic E-state index is 0.0119. The molecule has 0 aliphatic rings. The average Bonchev–Trinajstić information content (AvgIpc) is 2.18. The predicted molar refractivity (Wildman–Crippen MR) is 60.8 cm³/mol. The Morgan fingerprint density at radius 3 is 2.29 bits per heavy atom. The van der Waals surface area contributed by atoms with Gasteiger partial charge in [-0.05, 0) is 17.7 Å². The van der Waals surface area contributed by atoms with Crippen LogP contribution >= 0.6 is 0 Å². The molecule has 0 heterocycles. The Bertz CT molecular complexity index is 499. The summed E-state index contributed by atoms with van der Waals surface area (Å²) in [4.78, 5) is 10.8. The van der Waals surface area contributed by atoms with Crippen LogP contribution in [0.4, 0.5) is 4.39 Å². The van der Waals surface area contributed by atoms with Crippen molar-refractivity contribution in [3.63, 3.8) is 0 Å². The first-order valence-corrected chi connectivity index (χ1v) is 6.62. The fourth-order valence-electron chi connectivity index (χ4n) is 1.26. The molecule has 7 heteroatoms. The van der Waals surface area contributed by atoms with Gasteiger partial charge in [0.15, 0.2) is 0 Å². The number of hydrogen-bond donors (Lipinski definition) is 1. The Balaban J connectivity index is 2.87. The number of halogens is 1. The first-order chi connectivity index (χ1) is 7.79. The second-order valence-electron chi connectivity index (χ2n) is 3.62. The molecular formula is C10H13FN2O3S. The number of rotatable bonds is 5. The molecule has 0 spiro atoms. The van der Waals surface area contributed by atoms with Crippen molar-refractivity contribution in [3.8, 4) is 0 Å². The molecule has 0 aliphatic heterocycles. The van der Waals surface area contributed by atoms with Crippen LogP contribution in [0.2, 0.25) is 0 Å². The van der Waals surface area contributed by atoms with Crippen LogP contribution in [0.3, 0.4) is 0 Å². The van der Waals surface area contributed by atoms with Gasteiger partial charge in [-0.1, -0.05) is 12.1 Å². The van der Waals surface area contributed by atoms with Crippen LogP contribution < -0.4 is 5.73 Å². The Morgan fingerprint density at radius 2 is 1.88 bits per heavy atom. The van der Waals surface area contributed by atoms with Crippen molar-refractivity contribution in [2.75, 3.05) is 12.8 Å². The maximum atomic E-state index is 12.7. The lowest BCUT2D eigenvalue weighted by Gasteiger charge is -2.18. The molecule has 1 aromatic carbocycles. The maximum absolute atomic E-state index is 12.7. The molecule has 0 atom stereocenters. The van der Waals surface area contributed by atoms with E-state index in [2.05, 4.69) is 0 Å². The van der Waals surface area contributed by atoms with E-state index >= 15 is 0 Å². The predicted octanol–water partition coefficient (Wildman–Crippen LogP) is 0.0726. The summed E-state index contributed by atoms with van der Waals surface area (Å²) in [5.74, 6) is -1.15.